The number of hydrogen-bond donors (Lipinski definition) is 1. The molecule has 1 N–H and O–H groups in total. The van der Waals surface area contributed by atoms with Gasteiger partial charge in [-0.25, -0.2) is 13.1 Å². The predicted octanol–water partition coefficient (Wildman–Crippen LogP) is 1.50. The average Bonchev–Trinajstić information content (AvgIpc) is 2.14. The minimum Gasteiger partial charge on any atom is -0.379 e. The highest BCUT2D eigenvalue weighted by molar-refractivity contribution is 7.89. The number of nitrogens with one attached hydrogen (secondary N) is 1. The lowest BCUT2D eigenvalue weighted by molar-refractivity contribution is -0.134. The van der Waals surface area contributed by atoms with Crippen LogP contribution in [0.15, 0.2) is 0 Å². The van der Waals surface area contributed by atoms with E-state index in [1.54, 1.807) is 0 Å². The molecule has 4 nitrogen and oxygen atoms in total. The molecule has 0 fully saturated rings. The number of hydrogen-bond acceptors (Lipinski definition) is 3. The van der Waals surface area contributed by atoms with Gasteiger partial charge in [0.25, 0.3) is 0 Å². The molecule has 0 aromatic heterocycles. The molecule has 0 bridgehead atoms. The molecule has 0 atom stereocenters. The lowest BCUT2D eigenvalue weighted by Gasteiger charge is -2.08. The zero-order valence-corrected chi connectivity index (χ0v) is 10.7. The fraction of sp³-hybridized carbons (Fsp3) is 1.00. The van der Waals surface area contributed by atoms with E-state index in [0.29, 0.717) is 12.5 Å². The highest BCUT2D eigenvalue weighted by atomic mass is 35.5. The van der Waals surface area contributed by atoms with Crippen LogP contribution in [0.1, 0.15) is 12.8 Å². The first-order valence-electron chi connectivity index (χ1n) is 4.94. The van der Waals surface area contributed by atoms with Crippen molar-refractivity contribution < 1.29 is 26.3 Å². The summed E-state index contributed by atoms with van der Waals surface area (Å²) in [5, 5.41) is 0. The number of halogens is 4. The normalized spacial score (nSPS) is 12.9. The summed E-state index contributed by atoms with van der Waals surface area (Å²) in [6.07, 6.45) is -5.86. The van der Waals surface area contributed by atoms with E-state index in [4.69, 9.17) is 16.3 Å². The third kappa shape index (κ3) is 12.2. The van der Waals surface area contributed by atoms with Crippen LogP contribution in [-0.2, 0) is 14.8 Å². The van der Waals surface area contributed by atoms with Crippen molar-refractivity contribution in [2.45, 2.75) is 19.0 Å². The van der Waals surface area contributed by atoms with Gasteiger partial charge in [-0.1, -0.05) is 0 Å². The largest absolute Gasteiger partial charge is 0.389 e. The lowest BCUT2D eigenvalue weighted by atomic mass is 10.3. The van der Waals surface area contributed by atoms with Crippen LogP contribution in [0.2, 0.25) is 0 Å². The second-order valence-electron chi connectivity index (χ2n) is 3.23. The Kier molecular flexibility index (Phi) is 8.10. The van der Waals surface area contributed by atoms with E-state index >= 15 is 0 Å². The molecular weight excluding hydrogens is 283 g/mol. The van der Waals surface area contributed by atoms with Gasteiger partial charge in [0.2, 0.25) is 10.0 Å². The van der Waals surface area contributed by atoms with E-state index in [0.717, 1.165) is 0 Å². The first-order chi connectivity index (χ1) is 7.77. The SMILES string of the molecule is O=S(=O)(CCCC(F)(F)F)NCCOCCCl. The summed E-state index contributed by atoms with van der Waals surface area (Å²) in [5.74, 6) is -0.236. The Morgan fingerprint density at radius 3 is 2.41 bits per heavy atom. The second-order valence-corrected chi connectivity index (χ2v) is 5.54. The van der Waals surface area contributed by atoms with E-state index in [2.05, 4.69) is 4.72 Å². The molecule has 9 heteroatoms. The molecule has 0 amide bonds. The van der Waals surface area contributed by atoms with Gasteiger partial charge < -0.3 is 4.74 Å². The van der Waals surface area contributed by atoms with Gasteiger partial charge in [-0.3, -0.25) is 0 Å². The van der Waals surface area contributed by atoms with E-state index in [1.165, 1.54) is 0 Å². The van der Waals surface area contributed by atoms with E-state index in [9.17, 15) is 21.6 Å². The van der Waals surface area contributed by atoms with Crippen molar-refractivity contribution in [1.82, 2.24) is 4.72 Å². The molecule has 104 valence electrons. The molecule has 0 aliphatic carbocycles. The third-order valence-corrected chi connectivity index (χ3v) is 3.29. The van der Waals surface area contributed by atoms with E-state index < -0.39 is 34.8 Å². The number of ether oxygens (including phenoxy) is 1. The molecule has 0 aromatic rings. The Hall–Kier alpha value is -0.0500. The Balaban J connectivity index is 3.67. The van der Waals surface area contributed by atoms with E-state index in [-0.39, 0.29) is 13.2 Å². The molecular formula is C8H15ClF3NO3S. The Morgan fingerprint density at radius 1 is 1.24 bits per heavy atom. The summed E-state index contributed by atoms with van der Waals surface area (Å²) in [5.41, 5.74) is 0. The van der Waals surface area contributed by atoms with Crippen LogP contribution < -0.4 is 4.72 Å². The van der Waals surface area contributed by atoms with Crippen molar-refractivity contribution in [2.24, 2.45) is 0 Å². The van der Waals surface area contributed by atoms with Crippen LogP contribution in [0.3, 0.4) is 0 Å². The summed E-state index contributed by atoms with van der Waals surface area (Å²) in [6.45, 7) is 0.480. The van der Waals surface area contributed by atoms with Crippen LogP contribution in [0, 0.1) is 0 Å². The Morgan fingerprint density at radius 2 is 1.88 bits per heavy atom. The fourth-order valence-electron chi connectivity index (χ4n) is 0.961. The van der Waals surface area contributed by atoms with Gasteiger partial charge in [-0.15, -0.1) is 11.6 Å². The first kappa shape index (κ1) is 16.9. The summed E-state index contributed by atoms with van der Waals surface area (Å²) < 4.78 is 64.7. The fourth-order valence-corrected chi connectivity index (χ4v) is 2.13. The van der Waals surface area contributed by atoms with Crippen molar-refractivity contribution in [3.63, 3.8) is 0 Å². The highest BCUT2D eigenvalue weighted by Gasteiger charge is 2.27. The summed E-state index contributed by atoms with van der Waals surface area (Å²) in [7, 11) is -3.65. The van der Waals surface area contributed by atoms with Gasteiger partial charge in [-0.05, 0) is 6.42 Å². The van der Waals surface area contributed by atoms with Crippen molar-refractivity contribution >= 4 is 21.6 Å². The van der Waals surface area contributed by atoms with Crippen LogP contribution >= 0.6 is 11.6 Å². The quantitative estimate of drug-likeness (QED) is 0.518. The zero-order chi connectivity index (χ0) is 13.4. The third-order valence-electron chi connectivity index (χ3n) is 1.66. The minimum absolute atomic E-state index is 0.0330. The molecule has 0 heterocycles. The molecule has 0 unspecified atom stereocenters. The van der Waals surface area contributed by atoms with Gasteiger partial charge in [0.1, 0.15) is 0 Å². The van der Waals surface area contributed by atoms with Crippen LogP contribution in [-0.4, -0.2) is 46.0 Å². The van der Waals surface area contributed by atoms with Crippen LogP contribution in [0.4, 0.5) is 13.2 Å². The van der Waals surface area contributed by atoms with Crippen molar-refractivity contribution in [2.75, 3.05) is 31.4 Å². The molecule has 0 spiro atoms. The predicted molar refractivity (Wildman–Crippen MR) is 58.6 cm³/mol. The maximum Gasteiger partial charge on any atom is 0.389 e. The van der Waals surface area contributed by atoms with Crippen LogP contribution in [0.25, 0.3) is 0 Å². The highest BCUT2D eigenvalue weighted by Crippen LogP contribution is 2.21. The standard InChI is InChI=1S/C8H15ClF3NO3S/c9-3-5-16-6-4-13-17(14,15)7-1-2-8(10,11)12/h13H,1-7H2. The van der Waals surface area contributed by atoms with Gasteiger partial charge in [0.05, 0.1) is 19.0 Å². The molecule has 0 aliphatic heterocycles. The topological polar surface area (TPSA) is 55.4 Å². The lowest BCUT2D eigenvalue weighted by Crippen LogP contribution is -2.30. The van der Waals surface area contributed by atoms with Crippen molar-refractivity contribution in [3.8, 4) is 0 Å². The second kappa shape index (κ2) is 8.12. The Bertz CT molecular complexity index is 295. The first-order valence-corrected chi connectivity index (χ1v) is 7.13. The average molecular weight is 298 g/mol. The van der Waals surface area contributed by atoms with Gasteiger partial charge in [0.15, 0.2) is 0 Å². The van der Waals surface area contributed by atoms with E-state index in [1.807, 2.05) is 0 Å². The molecule has 0 saturated heterocycles. The van der Waals surface area contributed by atoms with Gasteiger partial charge in [-0.2, -0.15) is 13.2 Å². The summed E-state index contributed by atoms with van der Waals surface area (Å²) in [6, 6.07) is 0. The molecule has 0 aromatic carbocycles. The summed E-state index contributed by atoms with van der Waals surface area (Å²) >= 11 is 5.31. The molecule has 0 rings (SSSR count). The molecule has 17 heavy (non-hydrogen) atoms. The Labute approximate surface area is 104 Å². The van der Waals surface area contributed by atoms with Crippen molar-refractivity contribution in [1.29, 1.82) is 0 Å². The minimum atomic E-state index is -4.32. The number of rotatable bonds is 9. The molecule has 0 radical (unpaired) electrons. The van der Waals surface area contributed by atoms with Crippen LogP contribution in [0.5, 0.6) is 0 Å². The maximum absolute atomic E-state index is 11.8. The zero-order valence-electron chi connectivity index (χ0n) is 9.09. The number of sulfonamides is 1. The molecule has 0 aliphatic rings. The van der Waals surface area contributed by atoms with Gasteiger partial charge >= 0.3 is 6.18 Å². The smallest absolute Gasteiger partial charge is 0.379 e. The maximum atomic E-state index is 11.8. The number of alkyl halides is 4. The molecule has 0 saturated carbocycles. The van der Waals surface area contributed by atoms with Crippen molar-refractivity contribution in [3.05, 3.63) is 0 Å². The van der Waals surface area contributed by atoms with Gasteiger partial charge in [0, 0.05) is 18.8 Å². The monoisotopic (exact) mass is 297 g/mol. The summed E-state index contributed by atoms with van der Waals surface area (Å²) in [4.78, 5) is 0.